The molecule has 0 spiro atoms. The van der Waals surface area contributed by atoms with Crippen molar-refractivity contribution in [1.29, 1.82) is 0 Å². The van der Waals surface area contributed by atoms with Crippen molar-refractivity contribution in [2.75, 3.05) is 19.6 Å². The van der Waals surface area contributed by atoms with Gasteiger partial charge in [0.25, 0.3) is 5.91 Å². The van der Waals surface area contributed by atoms with Crippen LogP contribution in [0, 0.1) is 6.92 Å². The molecular formula is C17H25ClN2O. The van der Waals surface area contributed by atoms with Crippen LogP contribution in [0.5, 0.6) is 0 Å². The van der Waals surface area contributed by atoms with Crippen LogP contribution in [0.4, 0.5) is 0 Å². The molecule has 1 aromatic carbocycles. The van der Waals surface area contributed by atoms with Crippen LogP contribution in [-0.4, -0.2) is 36.5 Å². The van der Waals surface area contributed by atoms with Gasteiger partial charge >= 0.3 is 0 Å². The van der Waals surface area contributed by atoms with Crippen LogP contribution in [0.2, 0.25) is 5.02 Å². The van der Waals surface area contributed by atoms with Crippen LogP contribution < -0.4 is 5.32 Å². The van der Waals surface area contributed by atoms with E-state index in [1.165, 1.54) is 12.8 Å². The van der Waals surface area contributed by atoms with Gasteiger partial charge in [-0.05, 0) is 50.4 Å². The Labute approximate surface area is 132 Å². The summed E-state index contributed by atoms with van der Waals surface area (Å²) >= 11 is 6.15. The number of nitrogens with one attached hydrogen (secondary N) is 1. The topological polar surface area (TPSA) is 32.3 Å². The number of halogens is 1. The number of nitrogens with zero attached hydrogens (tertiary/aromatic N) is 1. The maximum Gasteiger partial charge on any atom is 0.253 e. The van der Waals surface area contributed by atoms with Crippen molar-refractivity contribution in [3.05, 3.63) is 34.3 Å². The van der Waals surface area contributed by atoms with Gasteiger partial charge < -0.3 is 10.2 Å². The number of piperidine rings is 1. The number of hydrogen-bond acceptors (Lipinski definition) is 2. The molecular weight excluding hydrogens is 284 g/mol. The van der Waals surface area contributed by atoms with Crippen LogP contribution in [0.15, 0.2) is 18.2 Å². The van der Waals surface area contributed by atoms with E-state index in [1.807, 2.05) is 24.0 Å². The quantitative estimate of drug-likeness (QED) is 0.900. The Balaban J connectivity index is 2.08. The number of benzene rings is 1. The van der Waals surface area contributed by atoms with Crippen molar-refractivity contribution in [1.82, 2.24) is 10.2 Å². The van der Waals surface area contributed by atoms with Crippen molar-refractivity contribution in [3.8, 4) is 0 Å². The Bertz CT molecular complexity index is 484. The van der Waals surface area contributed by atoms with Crippen molar-refractivity contribution in [2.45, 2.75) is 45.6 Å². The zero-order valence-corrected chi connectivity index (χ0v) is 13.7. The smallest absolute Gasteiger partial charge is 0.253 e. The Hall–Kier alpha value is -1.06. The summed E-state index contributed by atoms with van der Waals surface area (Å²) in [5.41, 5.74) is 1.69. The first-order valence-electron chi connectivity index (χ1n) is 7.90. The Morgan fingerprint density at radius 2 is 2.24 bits per heavy atom. The molecule has 0 radical (unpaired) electrons. The molecule has 1 unspecified atom stereocenters. The van der Waals surface area contributed by atoms with Gasteiger partial charge in [-0.3, -0.25) is 4.79 Å². The predicted molar refractivity (Wildman–Crippen MR) is 88.0 cm³/mol. The molecule has 0 aliphatic carbocycles. The maximum atomic E-state index is 12.7. The summed E-state index contributed by atoms with van der Waals surface area (Å²) in [4.78, 5) is 14.7. The Kier molecular flexibility index (Phi) is 6.07. The van der Waals surface area contributed by atoms with Gasteiger partial charge in [-0.2, -0.15) is 0 Å². The van der Waals surface area contributed by atoms with E-state index in [9.17, 15) is 4.79 Å². The minimum Gasteiger partial charge on any atom is -0.337 e. The molecule has 1 aliphatic heterocycles. The van der Waals surface area contributed by atoms with Crippen molar-refractivity contribution < 1.29 is 4.79 Å². The van der Waals surface area contributed by atoms with Gasteiger partial charge in [-0.1, -0.05) is 31.0 Å². The average molecular weight is 309 g/mol. The molecule has 1 atom stereocenters. The lowest BCUT2D eigenvalue weighted by Gasteiger charge is -2.30. The average Bonchev–Trinajstić information content (AvgIpc) is 2.50. The van der Waals surface area contributed by atoms with Crippen LogP contribution in [0.25, 0.3) is 0 Å². The highest BCUT2D eigenvalue weighted by atomic mass is 35.5. The molecule has 2 rings (SSSR count). The van der Waals surface area contributed by atoms with Crippen molar-refractivity contribution in [2.24, 2.45) is 0 Å². The van der Waals surface area contributed by atoms with E-state index in [4.69, 9.17) is 11.6 Å². The second-order valence-corrected chi connectivity index (χ2v) is 6.27. The number of carbonyl (C=O) groups is 1. The van der Waals surface area contributed by atoms with E-state index in [0.717, 1.165) is 38.0 Å². The molecule has 1 fully saturated rings. The molecule has 0 bridgehead atoms. The molecule has 1 N–H and O–H groups in total. The van der Waals surface area contributed by atoms with Crippen molar-refractivity contribution >= 4 is 17.5 Å². The van der Waals surface area contributed by atoms with E-state index < -0.39 is 0 Å². The normalized spacial score (nSPS) is 18.5. The second kappa shape index (κ2) is 7.81. The zero-order valence-electron chi connectivity index (χ0n) is 13.0. The van der Waals surface area contributed by atoms with E-state index in [1.54, 1.807) is 6.07 Å². The monoisotopic (exact) mass is 308 g/mol. The van der Waals surface area contributed by atoms with Crippen LogP contribution in [0.3, 0.4) is 0 Å². The molecule has 1 heterocycles. The fourth-order valence-electron chi connectivity index (χ4n) is 2.80. The van der Waals surface area contributed by atoms with Crippen LogP contribution >= 0.6 is 11.6 Å². The largest absolute Gasteiger partial charge is 0.337 e. The van der Waals surface area contributed by atoms with E-state index in [0.29, 0.717) is 16.6 Å². The lowest BCUT2D eigenvalue weighted by Crippen LogP contribution is -2.46. The summed E-state index contributed by atoms with van der Waals surface area (Å²) in [6.45, 7) is 6.71. The summed E-state index contributed by atoms with van der Waals surface area (Å²) < 4.78 is 0. The van der Waals surface area contributed by atoms with Gasteiger partial charge in [0.05, 0.1) is 0 Å². The van der Waals surface area contributed by atoms with E-state index in [2.05, 4.69) is 12.2 Å². The summed E-state index contributed by atoms with van der Waals surface area (Å²) in [6.07, 6.45) is 4.62. The summed E-state index contributed by atoms with van der Waals surface area (Å²) in [7, 11) is 0. The Morgan fingerprint density at radius 1 is 1.43 bits per heavy atom. The maximum absolute atomic E-state index is 12.7. The third-order valence-electron chi connectivity index (χ3n) is 4.05. The standard InChI is InChI=1S/C17H25ClN2O/c1-3-10-20(12-15-6-4-5-9-19-15)17(21)14-8-7-13(2)16(18)11-14/h7-8,11,15,19H,3-6,9-10,12H2,1-2H3. The fraction of sp³-hybridized carbons (Fsp3) is 0.588. The van der Waals surface area contributed by atoms with E-state index >= 15 is 0 Å². The first-order valence-corrected chi connectivity index (χ1v) is 8.28. The van der Waals surface area contributed by atoms with E-state index in [-0.39, 0.29) is 5.91 Å². The fourth-order valence-corrected chi connectivity index (χ4v) is 2.98. The van der Waals surface area contributed by atoms with Gasteiger partial charge in [0.15, 0.2) is 0 Å². The molecule has 1 saturated heterocycles. The van der Waals surface area contributed by atoms with Crippen LogP contribution in [-0.2, 0) is 0 Å². The molecule has 0 aromatic heterocycles. The Morgan fingerprint density at radius 3 is 2.86 bits per heavy atom. The first-order chi connectivity index (χ1) is 10.1. The minimum atomic E-state index is 0.0890. The van der Waals surface area contributed by atoms with Gasteiger partial charge in [0.1, 0.15) is 0 Å². The summed E-state index contributed by atoms with van der Waals surface area (Å²) in [6, 6.07) is 6.00. The molecule has 4 heteroatoms. The molecule has 1 amide bonds. The predicted octanol–water partition coefficient (Wildman–Crippen LogP) is 3.64. The third kappa shape index (κ3) is 4.45. The highest BCUT2D eigenvalue weighted by molar-refractivity contribution is 6.31. The molecule has 0 saturated carbocycles. The lowest BCUT2D eigenvalue weighted by atomic mass is 10.0. The first kappa shape index (κ1) is 16.3. The summed E-state index contributed by atoms with van der Waals surface area (Å²) in [5.74, 6) is 0.0890. The van der Waals surface area contributed by atoms with Gasteiger partial charge in [-0.25, -0.2) is 0 Å². The lowest BCUT2D eigenvalue weighted by molar-refractivity contribution is 0.0731. The van der Waals surface area contributed by atoms with Gasteiger partial charge in [-0.15, -0.1) is 0 Å². The highest BCUT2D eigenvalue weighted by Gasteiger charge is 2.21. The number of rotatable bonds is 5. The number of hydrogen-bond donors (Lipinski definition) is 1. The number of aryl methyl sites for hydroxylation is 1. The second-order valence-electron chi connectivity index (χ2n) is 5.86. The van der Waals surface area contributed by atoms with Crippen LogP contribution in [0.1, 0.15) is 48.5 Å². The third-order valence-corrected chi connectivity index (χ3v) is 4.46. The molecule has 21 heavy (non-hydrogen) atoms. The molecule has 116 valence electrons. The number of amides is 1. The molecule has 1 aromatic rings. The van der Waals surface area contributed by atoms with Gasteiger partial charge in [0.2, 0.25) is 0 Å². The highest BCUT2D eigenvalue weighted by Crippen LogP contribution is 2.19. The number of carbonyl (C=O) groups excluding carboxylic acids is 1. The minimum absolute atomic E-state index is 0.0890. The zero-order chi connectivity index (χ0) is 15.2. The molecule has 1 aliphatic rings. The van der Waals surface area contributed by atoms with Gasteiger partial charge in [0, 0.05) is 29.7 Å². The van der Waals surface area contributed by atoms with Crippen molar-refractivity contribution in [3.63, 3.8) is 0 Å². The SMILES string of the molecule is CCCN(CC1CCCCN1)C(=O)c1ccc(C)c(Cl)c1. The molecule has 3 nitrogen and oxygen atoms in total. The summed E-state index contributed by atoms with van der Waals surface area (Å²) in [5, 5.41) is 4.18.